The smallest absolute Gasteiger partial charge is 0.507 e. The van der Waals surface area contributed by atoms with Gasteiger partial charge in [0, 0.05) is 18.9 Å². The zero-order valence-electron chi connectivity index (χ0n) is 17.3. The fraction of sp³-hybridized carbons (Fsp3) is 0.143. The topological polar surface area (TPSA) is 172 Å². The number of nitrogens with zero attached hydrogens (tertiary/aromatic N) is 2. The number of aromatic hydroxyl groups is 1. The summed E-state index contributed by atoms with van der Waals surface area (Å²) in [7, 11) is 1.07. The molecule has 0 aliphatic carbocycles. The predicted molar refractivity (Wildman–Crippen MR) is 109 cm³/mol. The fourth-order valence-electron chi connectivity index (χ4n) is 3.18. The molecule has 0 unspecified atom stereocenters. The van der Waals surface area contributed by atoms with Crippen LogP contribution in [-0.4, -0.2) is 45.8 Å². The minimum Gasteiger partial charge on any atom is -0.507 e. The van der Waals surface area contributed by atoms with Gasteiger partial charge in [-0.05, 0) is 24.3 Å². The molecule has 1 aliphatic heterocycles. The number of ether oxygens (including phenoxy) is 2. The summed E-state index contributed by atoms with van der Waals surface area (Å²) in [4.78, 5) is 77.2. The molecule has 2 aromatic carbocycles. The lowest BCUT2D eigenvalue weighted by atomic mass is 10.1. The molecule has 1 saturated heterocycles. The van der Waals surface area contributed by atoms with Gasteiger partial charge in [-0.3, -0.25) is 14.4 Å². The Labute approximate surface area is 188 Å². The molecule has 13 nitrogen and oxygen atoms in total. The number of phenols is 1. The SMILES string of the molecule is COC(=O)Oc1cccc2c(=O)n(-c3ccc(C(=O)ON4C(=O)CCC4=O)c(O)c3)c(=O)oc12. The number of methoxy groups -OCH3 is 1. The molecule has 0 atom stereocenters. The molecule has 1 aromatic heterocycles. The van der Waals surface area contributed by atoms with Crippen LogP contribution >= 0.6 is 0 Å². The van der Waals surface area contributed by atoms with Crippen LogP contribution in [0.1, 0.15) is 23.2 Å². The molecule has 1 N–H and O–H groups in total. The van der Waals surface area contributed by atoms with Crippen LogP contribution in [-0.2, 0) is 19.2 Å². The number of aromatic nitrogens is 1. The maximum Gasteiger partial charge on any atom is 0.513 e. The lowest BCUT2D eigenvalue weighted by Gasteiger charge is -2.13. The fourth-order valence-corrected chi connectivity index (χ4v) is 3.18. The molecule has 0 spiro atoms. The zero-order valence-corrected chi connectivity index (χ0v) is 17.3. The van der Waals surface area contributed by atoms with E-state index < -0.39 is 46.6 Å². The third kappa shape index (κ3) is 3.85. The Kier molecular flexibility index (Phi) is 5.59. The van der Waals surface area contributed by atoms with E-state index in [1.54, 1.807) is 0 Å². The monoisotopic (exact) mass is 470 g/mol. The Morgan fingerprint density at radius 3 is 2.38 bits per heavy atom. The van der Waals surface area contributed by atoms with Crippen LogP contribution in [0.25, 0.3) is 16.7 Å². The number of phenolic OH excluding ortho intramolecular Hbond substituents is 1. The normalized spacial score (nSPS) is 13.3. The highest BCUT2D eigenvalue weighted by atomic mass is 16.7. The predicted octanol–water partition coefficient (Wildman–Crippen LogP) is 1.02. The van der Waals surface area contributed by atoms with Gasteiger partial charge in [0.1, 0.15) is 11.3 Å². The van der Waals surface area contributed by atoms with E-state index in [0.717, 1.165) is 25.3 Å². The van der Waals surface area contributed by atoms with Gasteiger partial charge >= 0.3 is 17.9 Å². The Bertz CT molecular complexity index is 1470. The van der Waals surface area contributed by atoms with Crippen molar-refractivity contribution in [2.75, 3.05) is 7.11 Å². The number of carbonyl (C=O) groups is 4. The van der Waals surface area contributed by atoms with Crippen molar-refractivity contribution in [3.8, 4) is 17.2 Å². The highest BCUT2D eigenvalue weighted by Crippen LogP contribution is 2.25. The van der Waals surface area contributed by atoms with Gasteiger partial charge in [0.25, 0.3) is 17.4 Å². The second-order valence-electron chi connectivity index (χ2n) is 6.86. The van der Waals surface area contributed by atoms with Crippen LogP contribution in [0.5, 0.6) is 11.5 Å². The maximum absolute atomic E-state index is 13.0. The average molecular weight is 470 g/mol. The van der Waals surface area contributed by atoms with Crippen molar-refractivity contribution in [3.05, 3.63) is 62.9 Å². The molecule has 1 aliphatic rings. The maximum atomic E-state index is 13.0. The molecule has 1 fully saturated rings. The Balaban J connectivity index is 1.72. The summed E-state index contributed by atoms with van der Waals surface area (Å²) in [5, 5.41) is 10.5. The number of rotatable bonds is 4. The van der Waals surface area contributed by atoms with Crippen molar-refractivity contribution in [1.29, 1.82) is 0 Å². The van der Waals surface area contributed by atoms with Crippen LogP contribution < -0.4 is 16.1 Å². The summed E-state index contributed by atoms with van der Waals surface area (Å²) in [6, 6.07) is 7.08. The van der Waals surface area contributed by atoms with Crippen molar-refractivity contribution >= 4 is 34.9 Å². The molecule has 0 saturated carbocycles. The number of para-hydroxylation sites is 1. The van der Waals surface area contributed by atoms with Crippen LogP contribution in [0.15, 0.2) is 50.4 Å². The lowest BCUT2D eigenvalue weighted by molar-refractivity contribution is -0.172. The first kappa shape index (κ1) is 22.3. The van der Waals surface area contributed by atoms with Gasteiger partial charge in [0.2, 0.25) is 0 Å². The van der Waals surface area contributed by atoms with E-state index in [-0.39, 0.29) is 35.2 Å². The first-order chi connectivity index (χ1) is 16.2. The molecular weight excluding hydrogens is 456 g/mol. The molecule has 2 amide bonds. The van der Waals surface area contributed by atoms with Gasteiger partial charge in [-0.15, -0.1) is 5.06 Å². The standard InChI is InChI=1S/C21H14N2O11/c1-31-21(30)32-14-4-2-3-12-17(14)33-20(29)22(18(12)27)10-5-6-11(13(24)9-10)19(28)34-23-15(25)7-8-16(23)26/h2-6,9,24H,7-8H2,1H3. The molecule has 4 rings (SSSR count). The summed E-state index contributed by atoms with van der Waals surface area (Å²) in [5.41, 5.74) is -1.77. The van der Waals surface area contributed by atoms with Gasteiger partial charge in [0.15, 0.2) is 11.3 Å². The van der Waals surface area contributed by atoms with E-state index in [2.05, 4.69) is 4.74 Å². The first-order valence-electron chi connectivity index (χ1n) is 9.57. The quantitative estimate of drug-likeness (QED) is 0.328. The van der Waals surface area contributed by atoms with Crippen LogP contribution in [0.2, 0.25) is 0 Å². The summed E-state index contributed by atoms with van der Waals surface area (Å²) in [5.74, 6) is -4.71. The average Bonchev–Trinajstić information content (AvgIpc) is 3.11. The van der Waals surface area contributed by atoms with E-state index in [1.807, 2.05) is 0 Å². The highest BCUT2D eigenvalue weighted by Gasteiger charge is 2.33. The number of benzene rings is 2. The minimum atomic E-state index is -1.20. The van der Waals surface area contributed by atoms with Gasteiger partial charge in [-0.2, -0.15) is 0 Å². The second-order valence-corrected chi connectivity index (χ2v) is 6.86. The Morgan fingerprint density at radius 2 is 1.74 bits per heavy atom. The van der Waals surface area contributed by atoms with E-state index >= 15 is 0 Å². The molecule has 3 aromatic rings. The van der Waals surface area contributed by atoms with Crippen LogP contribution in [0, 0.1) is 0 Å². The number of amides is 2. The minimum absolute atomic E-state index is 0.107. The molecule has 174 valence electrons. The number of hydrogen-bond donors (Lipinski definition) is 1. The third-order valence-electron chi connectivity index (χ3n) is 4.78. The van der Waals surface area contributed by atoms with Gasteiger partial charge in [0.05, 0.1) is 18.2 Å². The van der Waals surface area contributed by atoms with Crippen LogP contribution in [0.4, 0.5) is 4.79 Å². The Hall–Kier alpha value is -4.94. The number of carbonyl (C=O) groups excluding carboxylic acids is 4. The van der Waals surface area contributed by atoms with Crippen molar-refractivity contribution < 1.29 is 43.0 Å². The number of fused-ring (bicyclic) bond motifs is 1. The van der Waals surface area contributed by atoms with Crippen molar-refractivity contribution in [2.45, 2.75) is 12.8 Å². The molecule has 13 heteroatoms. The molecule has 0 radical (unpaired) electrons. The lowest BCUT2D eigenvalue weighted by Crippen LogP contribution is -2.32. The van der Waals surface area contributed by atoms with Gasteiger partial charge < -0.3 is 23.8 Å². The van der Waals surface area contributed by atoms with E-state index in [9.17, 15) is 33.9 Å². The molecule has 2 heterocycles. The summed E-state index contributed by atoms with van der Waals surface area (Å²) in [6.45, 7) is 0. The largest absolute Gasteiger partial charge is 0.513 e. The zero-order chi connectivity index (χ0) is 24.6. The Morgan fingerprint density at radius 1 is 1.03 bits per heavy atom. The van der Waals surface area contributed by atoms with E-state index in [1.165, 1.54) is 18.2 Å². The molecule has 34 heavy (non-hydrogen) atoms. The van der Waals surface area contributed by atoms with Crippen LogP contribution in [0.3, 0.4) is 0 Å². The number of imide groups is 1. The summed E-state index contributed by atoms with van der Waals surface area (Å²) >= 11 is 0. The second kappa shape index (κ2) is 8.54. The van der Waals surface area contributed by atoms with Crippen molar-refractivity contribution in [2.24, 2.45) is 0 Å². The summed E-state index contributed by atoms with van der Waals surface area (Å²) < 4.78 is 15.0. The van der Waals surface area contributed by atoms with E-state index in [4.69, 9.17) is 14.0 Å². The number of hydrogen-bond acceptors (Lipinski definition) is 11. The van der Waals surface area contributed by atoms with Crippen molar-refractivity contribution in [3.63, 3.8) is 0 Å². The summed E-state index contributed by atoms with van der Waals surface area (Å²) in [6.07, 6.45) is -1.31. The van der Waals surface area contributed by atoms with Crippen molar-refractivity contribution in [1.82, 2.24) is 9.63 Å². The molecular formula is C21H14N2O11. The van der Waals surface area contributed by atoms with E-state index in [0.29, 0.717) is 9.63 Å². The number of hydroxylamine groups is 2. The third-order valence-corrected chi connectivity index (χ3v) is 4.78. The molecule has 0 bridgehead atoms. The van der Waals surface area contributed by atoms with Gasteiger partial charge in [-0.25, -0.2) is 19.0 Å². The first-order valence-corrected chi connectivity index (χ1v) is 9.57. The highest BCUT2D eigenvalue weighted by molar-refractivity contribution is 6.03. The van der Waals surface area contributed by atoms with Gasteiger partial charge in [-0.1, -0.05) is 6.07 Å².